The smallest absolute Gasteiger partial charge is 0.245 e. The number of hydrogen-bond donors (Lipinski definition) is 1. The molecule has 0 aromatic carbocycles. The van der Waals surface area contributed by atoms with Crippen molar-refractivity contribution in [3.05, 3.63) is 32.9 Å². The van der Waals surface area contributed by atoms with Gasteiger partial charge in [0.25, 0.3) is 0 Å². The van der Waals surface area contributed by atoms with Crippen LogP contribution in [0.5, 0.6) is 0 Å². The van der Waals surface area contributed by atoms with Gasteiger partial charge in [-0.1, -0.05) is 0 Å². The van der Waals surface area contributed by atoms with E-state index in [-0.39, 0.29) is 11.4 Å². The highest BCUT2D eigenvalue weighted by Gasteiger charge is 2.26. The number of imidazole rings is 1. The summed E-state index contributed by atoms with van der Waals surface area (Å²) in [4.78, 5) is 5.20. The fourth-order valence-corrected chi connectivity index (χ4v) is 5.31. The fourth-order valence-electron chi connectivity index (χ4n) is 1.68. The SMILES string of the molecule is CN(Cc1nccn1C)S(=O)(=O)c1cc(CN)sc1Br. The molecule has 2 N–H and O–H groups in total. The third-order valence-corrected chi connectivity index (χ3v) is 6.96. The number of rotatable bonds is 5. The van der Waals surface area contributed by atoms with Gasteiger partial charge in [0, 0.05) is 37.9 Å². The topological polar surface area (TPSA) is 81.2 Å². The Balaban J connectivity index is 2.29. The number of aryl methyl sites for hydroxylation is 1. The maximum absolute atomic E-state index is 12.5. The van der Waals surface area contributed by atoms with Gasteiger partial charge in [-0.2, -0.15) is 4.31 Å². The third-order valence-electron chi connectivity index (χ3n) is 2.88. The summed E-state index contributed by atoms with van der Waals surface area (Å²) in [5.41, 5.74) is 5.55. The van der Waals surface area contributed by atoms with E-state index in [0.29, 0.717) is 16.2 Å². The monoisotopic (exact) mass is 378 g/mol. The Morgan fingerprint density at radius 1 is 1.55 bits per heavy atom. The lowest BCUT2D eigenvalue weighted by molar-refractivity contribution is 0.451. The third kappa shape index (κ3) is 2.96. The summed E-state index contributed by atoms with van der Waals surface area (Å²) in [7, 11) is -0.197. The second-order valence-electron chi connectivity index (χ2n) is 4.27. The molecule has 9 heteroatoms. The minimum Gasteiger partial charge on any atom is -0.337 e. The number of halogens is 1. The van der Waals surface area contributed by atoms with E-state index in [1.165, 1.54) is 22.7 Å². The standard InChI is InChI=1S/C11H15BrN4O2S2/c1-15-4-3-14-10(15)7-16(2)20(17,18)9-5-8(6-13)19-11(9)12/h3-5H,6-7,13H2,1-2H3. The van der Waals surface area contributed by atoms with Crippen molar-refractivity contribution in [3.8, 4) is 0 Å². The zero-order valence-corrected chi connectivity index (χ0v) is 14.3. The lowest BCUT2D eigenvalue weighted by Gasteiger charge is -2.16. The lowest BCUT2D eigenvalue weighted by atomic mass is 10.5. The Morgan fingerprint density at radius 2 is 2.25 bits per heavy atom. The van der Waals surface area contributed by atoms with Crippen LogP contribution in [0.1, 0.15) is 10.7 Å². The fraction of sp³-hybridized carbons (Fsp3) is 0.364. The number of sulfonamides is 1. The number of thiophene rings is 1. The molecule has 0 atom stereocenters. The molecule has 2 aromatic heterocycles. The van der Waals surface area contributed by atoms with Gasteiger partial charge in [-0.05, 0) is 22.0 Å². The van der Waals surface area contributed by atoms with Gasteiger partial charge < -0.3 is 10.3 Å². The average molecular weight is 379 g/mol. The molecular formula is C11H15BrN4O2S2. The highest BCUT2D eigenvalue weighted by atomic mass is 79.9. The van der Waals surface area contributed by atoms with Gasteiger partial charge in [-0.3, -0.25) is 0 Å². The van der Waals surface area contributed by atoms with E-state index in [4.69, 9.17) is 5.73 Å². The molecule has 0 aliphatic carbocycles. The average Bonchev–Trinajstić information content (AvgIpc) is 2.96. The zero-order chi connectivity index (χ0) is 14.9. The Morgan fingerprint density at radius 3 is 2.75 bits per heavy atom. The number of aromatic nitrogens is 2. The first kappa shape index (κ1) is 15.6. The Labute approximate surface area is 130 Å². The van der Waals surface area contributed by atoms with E-state index >= 15 is 0 Å². The molecule has 0 spiro atoms. The van der Waals surface area contributed by atoms with Crippen LogP contribution in [0.15, 0.2) is 27.1 Å². The normalized spacial score (nSPS) is 12.2. The molecule has 0 saturated heterocycles. The van der Waals surface area contributed by atoms with Crippen LogP contribution in [-0.4, -0.2) is 29.3 Å². The molecule has 6 nitrogen and oxygen atoms in total. The second kappa shape index (κ2) is 5.94. The van der Waals surface area contributed by atoms with Gasteiger partial charge in [0.1, 0.15) is 10.7 Å². The Kier molecular flexibility index (Phi) is 4.65. The predicted octanol–water partition coefficient (Wildman–Crippen LogP) is 1.52. The molecule has 2 heterocycles. The van der Waals surface area contributed by atoms with Gasteiger partial charge in [-0.25, -0.2) is 13.4 Å². The van der Waals surface area contributed by atoms with Gasteiger partial charge in [0.2, 0.25) is 10.0 Å². The van der Waals surface area contributed by atoms with E-state index in [1.807, 2.05) is 7.05 Å². The van der Waals surface area contributed by atoms with Gasteiger partial charge in [0.15, 0.2) is 0 Å². The molecule has 0 amide bonds. The van der Waals surface area contributed by atoms with Crippen molar-refractivity contribution in [1.29, 1.82) is 0 Å². The van der Waals surface area contributed by atoms with Crippen molar-refractivity contribution in [2.75, 3.05) is 7.05 Å². The number of nitrogens with two attached hydrogens (primary N) is 1. The number of nitrogens with zero attached hydrogens (tertiary/aromatic N) is 3. The van der Waals surface area contributed by atoms with Gasteiger partial charge >= 0.3 is 0 Å². The molecule has 0 fully saturated rings. The molecule has 0 unspecified atom stereocenters. The zero-order valence-electron chi connectivity index (χ0n) is 11.1. The highest BCUT2D eigenvalue weighted by Crippen LogP contribution is 2.33. The summed E-state index contributed by atoms with van der Waals surface area (Å²) in [5, 5.41) is 0. The van der Waals surface area contributed by atoms with Crippen LogP contribution in [0.3, 0.4) is 0 Å². The maximum atomic E-state index is 12.5. The van der Waals surface area contributed by atoms with Crippen LogP contribution in [0.4, 0.5) is 0 Å². The molecule has 2 rings (SSSR count). The van der Waals surface area contributed by atoms with E-state index < -0.39 is 10.0 Å². The van der Waals surface area contributed by atoms with E-state index in [2.05, 4.69) is 20.9 Å². The van der Waals surface area contributed by atoms with Crippen molar-refractivity contribution in [3.63, 3.8) is 0 Å². The summed E-state index contributed by atoms with van der Waals surface area (Å²) < 4.78 is 28.7. The van der Waals surface area contributed by atoms with Crippen LogP contribution in [0, 0.1) is 0 Å². The van der Waals surface area contributed by atoms with Crippen molar-refractivity contribution >= 4 is 37.3 Å². The van der Waals surface area contributed by atoms with Crippen molar-refractivity contribution in [2.24, 2.45) is 12.8 Å². The van der Waals surface area contributed by atoms with Crippen LogP contribution >= 0.6 is 27.3 Å². The van der Waals surface area contributed by atoms with Gasteiger partial charge in [-0.15, -0.1) is 11.3 Å². The number of hydrogen-bond acceptors (Lipinski definition) is 5. The minimum atomic E-state index is -3.56. The van der Waals surface area contributed by atoms with E-state index in [0.717, 1.165) is 4.88 Å². The van der Waals surface area contributed by atoms with Crippen LogP contribution < -0.4 is 5.73 Å². The molecule has 0 radical (unpaired) electrons. The molecule has 0 aliphatic heterocycles. The molecule has 0 saturated carbocycles. The van der Waals surface area contributed by atoms with Gasteiger partial charge in [0.05, 0.1) is 10.3 Å². The lowest BCUT2D eigenvalue weighted by Crippen LogP contribution is -2.27. The Bertz CT molecular complexity index is 708. The molecule has 110 valence electrons. The van der Waals surface area contributed by atoms with Crippen LogP contribution in [-0.2, 0) is 30.2 Å². The first-order valence-electron chi connectivity index (χ1n) is 5.77. The summed E-state index contributed by atoms with van der Waals surface area (Å²) in [6.07, 6.45) is 3.42. The minimum absolute atomic E-state index is 0.214. The van der Waals surface area contributed by atoms with Crippen LogP contribution in [0.25, 0.3) is 0 Å². The summed E-state index contributed by atoms with van der Waals surface area (Å²) in [6.45, 7) is 0.536. The largest absolute Gasteiger partial charge is 0.337 e. The van der Waals surface area contributed by atoms with Crippen molar-refractivity contribution in [1.82, 2.24) is 13.9 Å². The quantitative estimate of drug-likeness (QED) is 0.854. The van der Waals surface area contributed by atoms with Crippen molar-refractivity contribution < 1.29 is 8.42 Å². The first-order chi connectivity index (χ1) is 9.36. The maximum Gasteiger partial charge on any atom is 0.245 e. The Hall–Kier alpha value is -0.740. The molecule has 2 aromatic rings. The highest BCUT2D eigenvalue weighted by molar-refractivity contribution is 9.11. The summed E-state index contributed by atoms with van der Waals surface area (Å²) in [5.74, 6) is 0.682. The van der Waals surface area contributed by atoms with E-state index in [9.17, 15) is 8.42 Å². The second-order valence-corrected chi connectivity index (χ2v) is 8.74. The molecule has 0 bridgehead atoms. The van der Waals surface area contributed by atoms with E-state index in [1.54, 1.807) is 23.0 Å². The first-order valence-corrected chi connectivity index (χ1v) is 8.82. The molecular weight excluding hydrogens is 364 g/mol. The predicted molar refractivity (Wildman–Crippen MR) is 81.8 cm³/mol. The molecule has 20 heavy (non-hydrogen) atoms. The van der Waals surface area contributed by atoms with Crippen LogP contribution in [0.2, 0.25) is 0 Å². The molecule has 0 aliphatic rings. The van der Waals surface area contributed by atoms with Crippen molar-refractivity contribution in [2.45, 2.75) is 18.0 Å². The summed E-state index contributed by atoms with van der Waals surface area (Å²) in [6, 6.07) is 1.61. The summed E-state index contributed by atoms with van der Waals surface area (Å²) >= 11 is 4.63.